The van der Waals surface area contributed by atoms with Gasteiger partial charge in [-0.2, -0.15) is 13.2 Å². The quantitative estimate of drug-likeness (QED) is 0.716. The average Bonchev–Trinajstić information content (AvgIpc) is 2.69. The minimum Gasteiger partial charge on any atom is -0.381 e. The molecule has 1 rings (SSSR count). The van der Waals surface area contributed by atoms with Crippen LogP contribution in [0.3, 0.4) is 0 Å². The topological polar surface area (TPSA) is 30.5 Å². The minimum absolute atomic E-state index is 0.0794. The first kappa shape index (κ1) is 13.7. The number of hydrogen-bond acceptors (Lipinski definition) is 3. The van der Waals surface area contributed by atoms with E-state index in [4.69, 9.17) is 9.47 Å². The number of halogens is 3. The van der Waals surface area contributed by atoms with Gasteiger partial charge in [-0.3, -0.25) is 0 Å². The third-order valence-corrected chi connectivity index (χ3v) is 2.73. The molecule has 0 spiro atoms. The van der Waals surface area contributed by atoms with Gasteiger partial charge in [-0.05, 0) is 13.5 Å². The Balaban J connectivity index is 2.14. The first-order valence-electron chi connectivity index (χ1n) is 5.42. The van der Waals surface area contributed by atoms with Crippen molar-refractivity contribution >= 4 is 0 Å². The van der Waals surface area contributed by atoms with Gasteiger partial charge in [0.1, 0.15) is 0 Å². The molecule has 0 amide bonds. The highest BCUT2D eigenvalue weighted by molar-refractivity contribution is 4.77. The van der Waals surface area contributed by atoms with E-state index in [-0.39, 0.29) is 12.6 Å². The SMILES string of the molecule is CNC(COCCC(F)(F)F)C1CCOC1. The molecule has 3 nitrogen and oxygen atoms in total. The molecule has 0 aromatic heterocycles. The molecule has 1 N–H and O–H groups in total. The molecule has 1 fully saturated rings. The smallest absolute Gasteiger partial charge is 0.381 e. The Morgan fingerprint density at radius 1 is 1.50 bits per heavy atom. The van der Waals surface area contributed by atoms with Gasteiger partial charge in [0.05, 0.1) is 26.2 Å². The maximum atomic E-state index is 11.8. The molecule has 0 radical (unpaired) electrons. The van der Waals surface area contributed by atoms with Crippen LogP contribution >= 0.6 is 0 Å². The second kappa shape index (κ2) is 6.42. The predicted molar refractivity (Wildman–Crippen MR) is 53.3 cm³/mol. The molecule has 96 valence electrons. The lowest BCUT2D eigenvalue weighted by molar-refractivity contribution is -0.145. The maximum absolute atomic E-state index is 11.8. The maximum Gasteiger partial charge on any atom is 0.391 e. The van der Waals surface area contributed by atoms with E-state index in [1.54, 1.807) is 7.05 Å². The Labute approximate surface area is 93.3 Å². The van der Waals surface area contributed by atoms with Crippen LogP contribution in [0.4, 0.5) is 13.2 Å². The molecule has 16 heavy (non-hydrogen) atoms. The first-order valence-corrected chi connectivity index (χ1v) is 5.42. The van der Waals surface area contributed by atoms with Crippen molar-refractivity contribution in [3.63, 3.8) is 0 Å². The van der Waals surface area contributed by atoms with E-state index >= 15 is 0 Å². The van der Waals surface area contributed by atoms with E-state index in [2.05, 4.69) is 5.32 Å². The molecule has 2 unspecified atom stereocenters. The Kier molecular flexibility index (Phi) is 5.51. The second-order valence-electron chi connectivity index (χ2n) is 3.96. The Bertz CT molecular complexity index is 193. The predicted octanol–water partition coefficient (Wildman–Crippen LogP) is 1.58. The van der Waals surface area contributed by atoms with Crippen LogP contribution in [0.1, 0.15) is 12.8 Å². The summed E-state index contributed by atoms with van der Waals surface area (Å²) in [7, 11) is 1.79. The molecule has 0 aromatic carbocycles. The number of nitrogens with one attached hydrogen (secondary N) is 1. The van der Waals surface area contributed by atoms with Gasteiger partial charge in [0.25, 0.3) is 0 Å². The normalized spacial score (nSPS) is 23.6. The Morgan fingerprint density at radius 2 is 2.25 bits per heavy atom. The third kappa shape index (κ3) is 5.14. The summed E-state index contributed by atoms with van der Waals surface area (Å²) in [5.74, 6) is 0.343. The van der Waals surface area contributed by atoms with Gasteiger partial charge < -0.3 is 14.8 Å². The summed E-state index contributed by atoms with van der Waals surface area (Å²) in [4.78, 5) is 0. The lowest BCUT2D eigenvalue weighted by Crippen LogP contribution is -2.38. The highest BCUT2D eigenvalue weighted by Gasteiger charge is 2.28. The number of rotatable bonds is 6. The molecule has 0 aliphatic carbocycles. The molecule has 0 bridgehead atoms. The molecular weight excluding hydrogens is 223 g/mol. The molecule has 2 atom stereocenters. The fourth-order valence-corrected chi connectivity index (χ4v) is 1.72. The van der Waals surface area contributed by atoms with Crippen molar-refractivity contribution in [1.82, 2.24) is 5.32 Å². The van der Waals surface area contributed by atoms with Gasteiger partial charge in [0, 0.05) is 18.6 Å². The van der Waals surface area contributed by atoms with Crippen LogP contribution in [0.25, 0.3) is 0 Å². The van der Waals surface area contributed by atoms with E-state index in [9.17, 15) is 13.2 Å². The number of ether oxygens (including phenoxy) is 2. The number of hydrogen-bond donors (Lipinski definition) is 1. The number of likely N-dealkylation sites (N-methyl/N-ethyl adjacent to an activating group) is 1. The van der Waals surface area contributed by atoms with Gasteiger partial charge in [0.15, 0.2) is 0 Å². The third-order valence-electron chi connectivity index (χ3n) is 2.73. The minimum atomic E-state index is -4.13. The zero-order chi connectivity index (χ0) is 12.0. The van der Waals surface area contributed by atoms with E-state index in [0.29, 0.717) is 19.1 Å². The summed E-state index contributed by atoms with van der Waals surface area (Å²) in [6, 6.07) is 0.0794. The molecule has 1 saturated heterocycles. The van der Waals surface area contributed by atoms with Crippen LogP contribution in [0.5, 0.6) is 0 Å². The number of alkyl halides is 3. The molecular formula is C10H18F3NO2. The molecule has 1 heterocycles. The van der Waals surface area contributed by atoms with Crippen molar-refractivity contribution in [2.45, 2.75) is 25.1 Å². The van der Waals surface area contributed by atoms with Crippen molar-refractivity contribution in [3.05, 3.63) is 0 Å². The lowest BCUT2D eigenvalue weighted by Gasteiger charge is -2.21. The molecule has 1 aliphatic heterocycles. The van der Waals surface area contributed by atoms with Gasteiger partial charge in [0.2, 0.25) is 0 Å². The van der Waals surface area contributed by atoms with Crippen LogP contribution in [0.15, 0.2) is 0 Å². The fraction of sp³-hybridized carbons (Fsp3) is 1.00. The van der Waals surface area contributed by atoms with E-state index < -0.39 is 12.6 Å². The van der Waals surface area contributed by atoms with Crippen LogP contribution in [-0.2, 0) is 9.47 Å². The summed E-state index contributed by atoms with van der Waals surface area (Å²) >= 11 is 0. The summed E-state index contributed by atoms with van der Waals surface area (Å²) in [5.41, 5.74) is 0. The highest BCUT2D eigenvalue weighted by Crippen LogP contribution is 2.20. The summed E-state index contributed by atoms with van der Waals surface area (Å²) in [6.45, 7) is 1.43. The highest BCUT2D eigenvalue weighted by atomic mass is 19.4. The van der Waals surface area contributed by atoms with Gasteiger partial charge in [-0.15, -0.1) is 0 Å². The van der Waals surface area contributed by atoms with Crippen LogP contribution < -0.4 is 5.32 Å². The van der Waals surface area contributed by atoms with E-state index in [1.807, 2.05) is 0 Å². The van der Waals surface area contributed by atoms with E-state index in [0.717, 1.165) is 13.0 Å². The van der Waals surface area contributed by atoms with Gasteiger partial charge >= 0.3 is 6.18 Å². The molecule has 0 aromatic rings. The molecule has 1 aliphatic rings. The monoisotopic (exact) mass is 241 g/mol. The largest absolute Gasteiger partial charge is 0.391 e. The standard InChI is InChI=1S/C10H18F3NO2/c1-14-9(8-2-4-15-6-8)7-16-5-3-10(11,12)13/h8-9,14H,2-7H2,1H3. The summed E-state index contributed by atoms with van der Waals surface area (Å²) in [5, 5.41) is 3.06. The lowest BCUT2D eigenvalue weighted by atomic mass is 10.0. The van der Waals surface area contributed by atoms with Crippen molar-refractivity contribution in [2.24, 2.45) is 5.92 Å². The van der Waals surface area contributed by atoms with Crippen LogP contribution in [0.2, 0.25) is 0 Å². The molecule has 0 saturated carbocycles. The van der Waals surface area contributed by atoms with Crippen LogP contribution in [-0.4, -0.2) is 45.7 Å². The first-order chi connectivity index (χ1) is 7.53. The molecule has 6 heteroatoms. The van der Waals surface area contributed by atoms with Crippen molar-refractivity contribution in [3.8, 4) is 0 Å². The summed E-state index contributed by atoms with van der Waals surface area (Å²) < 4.78 is 45.8. The zero-order valence-electron chi connectivity index (χ0n) is 9.35. The Hall–Kier alpha value is -0.330. The summed E-state index contributed by atoms with van der Waals surface area (Å²) in [6.07, 6.45) is -4.08. The zero-order valence-corrected chi connectivity index (χ0v) is 9.35. The van der Waals surface area contributed by atoms with E-state index in [1.165, 1.54) is 0 Å². The van der Waals surface area contributed by atoms with Crippen molar-refractivity contribution in [2.75, 3.05) is 33.5 Å². The van der Waals surface area contributed by atoms with Crippen molar-refractivity contribution in [1.29, 1.82) is 0 Å². The van der Waals surface area contributed by atoms with Gasteiger partial charge in [-0.25, -0.2) is 0 Å². The average molecular weight is 241 g/mol. The second-order valence-corrected chi connectivity index (χ2v) is 3.96. The van der Waals surface area contributed by atoms with Crippen LogP contribution in [0, 0.1) is 5.92 Å². The Morgan fingerprint density at radius 3 is 2.75 bits per heavy atom. The fourth-order valence-electron chi connectivity index (χ4n) is 1.72. The van der Waals surface area contributed by atoms with Gasteiger partial charge in [-0.1, -0.05) is 0 Å². The van der Waals surface area contributed by atoms with Crippen molar-refractivity contribution < 1.29 is 22.6 Å².